The summed E-state index contributed by atoms with van der Waals surface area (Å²) >= 11 is 0. The number of nitrogens with one attached hydrogen (secondary N) is 2. The van der Waals surface area contributed by atoms with Crippen LogP contribution < -0.4 is 10.6 Å². The molecule has 21 heavy (non-hydrogen) atoms. The molecule has 0 unspecified atom stereocenters. The Balaban J connectivity index is 2.48. The van der Waals surface area contributed by atoms with Crippen LogP contribution in [0.3, 0.4) is 0 Å². The number of amides is 2. The van der Waals surface area contributed by atoms with Gasteiger partial charge in [-0.3, -0.25) is 10.1 Å². The molecule has 0 fully saturated rings. The summed E-state index contributed by atoms with van der Waals surface area (Å²) in [7, 11) is 0. The summed E-state index contributed by atoms with van der Waals surface area (Å²) in [5.74, 6) is -1.08. The second-order valence-electron chi connectivity index (χ2n) is 4.43. The monoisotopic (exact) mass is 295 g/mol. The highest BCUT2D eigenvalue weighted by atomic mass is 16.6. The lowest BCUT2D eigenvalue weighted by atomic mass is 10.2. The maximum absolute atomic E-state index is 11.6. The summed E-state index contributed by atoms with van der Waals surface area (Å²) in [4.78, 5) is 32.5. The smallest absolute Gasteiger partial charge is 0.326 e. The molecule has 3 N–H and O–H groups in total. The molecule has 114 valence electrons. The van der Waals surface area contributed by atoms with Crippen LogP contribution in [0, 0.1) is 10.1 Å². The largest absolute Gasteiger partial charge is 0.480 e. The van der Waals surface area contributed by atoms with Crippen molar-refractivity contribution in [2.45, 2.75) is 32.4 Å². The fraction of sp³-hybridized carbons (Fsp3) is 0.385. The van der Waals surface area contributed by atoms with Crippen molar-refractivity contribution < 1.29 is 19.6 Å². The normalized spacial score (nSPS) is 11.5. The van der Waals surface area contributed by atoms with Gasteiger partial charge in [-0.05, 0) is 12.0 Å². The molecule has 0 aliphatic heterocycles. The van der Waals surface area contributed by atoms with Gasteiger partial charge in [0.15, 0.2) is 0 Å². The minimum atomic E-state index is -1.08. The second kappa shape index (κ2) is 7.83. The lowest BCUT2D eigenvalue weighted by Crippen LogP contribution is -2.45. The average molecular weight is 295 g/mol. The molecule has 1 aromatic rings. The highest BCUT2D eigenvalue weighted by Gasteiger charge is 2.18. The van der Waals surface area contributed by atoms with Crippen molar-refractivity contribution >= 4 is 17.7 Å². The molecule has 0 saturated heterocycles. The number of non-ortho nitro benzene ring substituents is 1. The number of carboxylic acids is 1. The first-order valence-corrected chi connectivity index (χ1v) is 6.44. The lowest BCUT2D eigenvalue weighted by molar-refractivity contribution is -0.384. The molecule has 0 heterocycles. The molecule has 8 heteroatoms. The first kappa shape index (κ1) is 16.4. The van der Waals surface area contributed by atoms with Crippen molar-refractivity contribution in [3.05, 3.63) is 39.9 Å². The molecule has 0 saturated carbocycles. The van der Waals surface area contributed by atoms with E-state index in [1.807, 2.05) is 6.92 Å². The minimum Gasteiger partial charge on any atom is -0.480 e. The Morgan fingerprint density at radius 3 is 2.43 bits per heavy atom. The van der Waals surface area contributed by atoms with Gasteiger partial charge in [0.1, 0.15) is 6.04 Å². The van der Waals surface area contributed by atoms with E-state index in [0.29, 0.717) is 18.4 Å². The second-order valence-corrected chi connectivity index (χ2v) is 4.43. The number of hydrogen-bond donors (Lipinski definition) is 3. The SMILES string of the molecule is CCC[C@@H](NC(=O)NCc1ccc([N+](=O)[O-])cc1)C(=O)O. The van der Waals surface area contributed by atoms with Crippen molar-refractivity contribution in [2.24, 2.45) is 0 Å². The Morgan fingerprint density at radius 1 is 1.33 bits per heavy atom. The summed E-state index contributed by atoms with van der Waals surface area (Å²) in [6, 6.07) is 4.22. The molecule has 1 rings (SSSR count). The van der Waals surface area contributed by atoms with E-state index in [-0.39, 0.29) is 12.2 Å². The Labute approximate surface area is 121 Å². The van der Waals surface area contributed by atoms with Crippen LogP contribution in [-0.2, 0) is 11.3 Å². The Bertz CT molecular complexity index is 515. The molecular weight excluding hydrogens is 278 g/mol. The van der Waals surface area contributed by atoms with E-state index in [2.05, 4.69) is 10.6 Å². The van der Waals surface area contributed by atoms with Crippen LogP contribution in [0.4, 0.5) is 10.5 Å². The van der Waals surface area contributed by atoms with Crippen LogP contribution in [0.15, 0.2) is 24.3 Å². The molecular formula is C13H17N3O5. The highest BCUT2D eigenvalue weighted by molar-refractivity contribution is 5.82. The fourth-order valence-corrected chi connectivity index (χ4v) is 1.67. The number of urea groups is 1. The summed E-state index contributed by atoms with van der Waals surface area (Å²) in [5.41, 5.74) is 0.648. The molecule has 0 aliphatic carbocycles. The number of carboxylic acid groups (broad SMARTS) is 1. The van der Waals surface area contributed by atoms with Gasteiger partial charge in [-0.2, -0.15) is 0 Å². The van der Waals surface area contributed by atoms with E-state index >= 15 is 0 Å². The van der Waals surface area contributed by atoms with Gasteiger partial charge >= 0.3 is 12.0 Å². The number of nitrogens with zero attached hydrogens (tertiary/aromatic N) is 1. The zero-order valence-electron chi connectivity index (χ0n) is 11.5. The summed E-state index contributed by atoms with van der Waals surface area (Å²) in [5, 5.41) is 24.3. The van der Waals surface area contributed by atoms with Crippen LogP contribution in [0.25, 0.3) is 0 Å². The van der Waals surface area contributed by atoms with Crippen molar-refractivity contribution in [1.82, 2.24) is 10.6 Å². The van der Waals surface area contributed by atoms with Gasteiger partial charge in [0.25, 0.3) is 5.69 Å². The van der Waals surface area contributed by atoms with Crippen LogP contribution >= 0.6 is 0 Å². The fourth-order valence-electron chi connectivity index (χ4n) is 1.67. The molecule has 0 aromatic heterocycles. The molecule has 0 aliphatic rings. The number of benzene rings is 1. The zero-order chi connectivity index (χ0) is 15.8. The molecule has 1 aromatic carbocycles. The molecule has 1 atom stereocenters. The number of aliphatic carboxylic acids is 1. The Morgan fingerprint density at radius 2 is 1.95 bits per heavy atom. The van der Waals surface area contributed by atoms with Gasteiger partial charge in [-0.25, -0.2) is 9.59 Å². The number of hydrogen-bond acceptors (Lipinski definition) is 4. The number of carbonyl (C=O) groups is 2. The maximum atomic E-state index is 11.6. The predicted octanol–water partition coefficient (Wildman–Crippen LogP) is 1.65. The van der Waals surface area contributed by atoms with Crippen LogP contribution in [-0.4, -0.2) is 28.1 Å². The predicted molar refractivity (Wildman–Crippen MR) is 74.8 cm³/mol. The third-order valence-corrected chi connectivity index (χ3v) is 2.78. The van der Waals surface area contributed by atoms with E-state index in [0.717, 1.165) is 0 Å². The molecule has 0 bridgehead atoms. The zero-order valence-corrected chi connectivity index (χ0v) is 11.5. The lowest BCUT2D eigenvalue weighted by Gasteiger charge is -2.14. The average Bonchev–Trinajstić information content (AvgIpc) is 2.45. The standard InChI is InChI=1S/C13H17N3O5/c1-2-3-11(12(17)18)15-13(19)14-8-9-4-6-10(7-5-9)16(20)21/h4-7,11H,2-3,8H2,1H3,(H,17,18)(H2,14,15,19)/t11-/m1/s1. The van der Waals surface area contributed by atoms with Crippen molar-refractivity contribution in [1.29, 1.82) is 0 Å². The van der Waals surface area contributed by atoms with Gasteiger partial charge in [0.2, 0.25) is 0 Å². The van der Waals surface area contributed by atoms with E-state index in [9.17, 15) is 19.7 Å². The van der Waals surface area contributed by atoms with Crippen molar-refractivity contribution in [3.8, 4) is 0 Å². The molecule has 8 nitrogen and oxygen atoms in total. The summed E-state index contributed by atoms with van der Waals surface area (Å²) in [6.07, 6.45) is 0.986. The topological polar surface area (TPSA) is 122 Å². The van der Waals surface area contributed by atoms with Crippen molar-refractivity contribution in [2.75, 3.05) is 0 Å². The Hall–Kier alpha value is -2.64. The van der Waals surface area contributed by atoms with Crippen LogP contribution in [0.5, 0.6) is 0 Å². The number of nitro benzene ring substituents is 1. The number of carbonyl (C=O) groups excluding carboxylic acids is 1. The molecule has 0 radical (unpaired) electrons. The number of rotatable bonds is 7. The van der Waals surface area contributed by atoms with Gasteiger partial charge < -0.3 is 15.7 Å². The quantitative estimate of drug-likeness (QED) is 0.521. The van der Waals surface area contributed by atoms with Gasteiger partial charge in [-0.1, -0.05) is 25.5 Å². The number of nitro groups is 1. The Kier molecular flexibility index (Phi) is 6.12. The van der Waals surface area contributed by atoms with Crippen molar-refractivity contribution in [3.63, 3.8) is 0 Å². The first-order chi connectivity index (χ1) is 9.93. The van der Waals surface area contributed by atoms with Crippen LogP contribution in [0.1, 0.15) is 25.3 Å². The van der Waals surface area contributed by atoms with E-state index < -0.39 is 23.0 Å². The van der Waals surface area contributed by atoms with Crippen LogP contribution in [0.2, 0.25) is 0 Å². The molecule has 0 spiro atoms. The first-order valence-electron chi connectivity index (χ1n) is 6.44. The third kappa shape index (κ3) is 5.47. The maximum Gasteiger partial charge on any atom is 0.326 e. The van der Waals surface area contributed by atoms with E-state index in [4.69, 9.17) is 5.11 Å². The van der Waals surface area contributed by atoms with E-state index in [1.54, 1.807) is 0 Å². The summed E-state index contributed by atoms with van der Waals surface area (Å²) < 4.78 is 0. The van der Waals surface area contributed by atoms with Gasteiger partial charge in [0, 0.05) is 18.7 Å². The molecule has 2 amide bonds. The van der Waals surface area contributed by atoms with E-state index in [1.165, 1.54) is 24.3 Å². The summed E-state index contributed by atoms with van der Waals surface area (Å²) in [6.45, 7) is 1.98. The highest BCUT2D eigenvalue weighted by Crippen LogP contribution is 2.11. The minimum absolute atomic E-state index is 0.0305. The van der Waals surface area contributed by atoms with Gasteiger partial charge in [-0.15, -0.1) is 0 Å². The third-order valence-electron chi connectivity index (χ3n) is 2.78. The van der Waals surface area contributed by atoms with Gasteiger partial charge in [0.05, 0.1) is 4.92 Å².